The third-order valence-corrected chi connectivity index (χ3v) is 2.86. The van der Waals surface area contributed by atoms with Crippen LogP contribution in [0.15, 0.2) is 24.3 Å². The van der Waals surface area contributed by atoms with E-state index in [1.54, 1.807) is 0 Å². The first kappa shape index (κ1) is 14.4. The van der Waals surface area contributed by atoms with Crippen molar-refractivity contribution in [3.8, 4) is 0 Å². The zero-order chi connectivity index (χ0) is 13.5. The Bertz CT molecular complexity index is 434. The lowest BCUT2D eigenvalue weighted by atomic mass is 10.1. The smallest absolute Gasteiger partial charge is 0.236 e. The lowest BCUT2D eigenvalue weighted by Crippen LogP contribution is -2.35. The van der Waals surface area contributed by atoms with Gasteiger partial charge in [0.25, 0.3) is 0 Å². The van der Waals surface area contributed by atoms with E-state index < -0.39 is 0 Å². The molecule has 1 amide bonds. The van der Waals surface area contributed by atoms with E-state index in [9.17, 15) is 4.79 Å². The molecule has 1 aromatic carbocycles. The van der Waals surface area contributed by atoms with Gasteiger partial charge < -0.3 is 16.4 Å². The zero-order valence-electron chi connectivity index (χ0n) is 10.6. The molecular weight excluding hydrogens is 246 g/mol. The molecule has 0 aliphatic heterocycles. The summed E-state index contributed by atoms with van der Waals surface area (Å²) in [7, 11) is 0. The second kappa shape index (κ2) is 6.96. The fraction of sp³-hybridized carbons (Fsp3) is 0.385. The van der Waals surface area contributed by atoms with Gasteiger partial charge in [-0.2, -0.15) is 0 Å². The number of anilines is 1. The molecule has 0 saturated heterocycles. The summed E-state index contributed by atoms with van der Waals surface area (Å²) in [5.41, 5.74) is 12.6. The summed E-state index contributed by atoms with van der Waals surface area (Å²) >= 11 is 5.03. The third-order valence-electron chi connectivity index (χ3n) is 2.64. The first-order valence-electron chi connectivity index (χ1n) is 5.98. The van der Waals surface area contributed by atoms with Crippen LogP contribution >= 0.6 is 12.2 Å². The topological polar surface area (TPSA) is 72.3 Å². The number of hydrogen-bond donors (Lipinski definition) is 2. The van der Waals surface area contributed by atoms with Crippen molar-refractivity contribution in [1.29, 1.82) is 0 Å². The van der Waals surface area contributed by atoms with Crippen molar-refractivity contribution in [3.05, 3.63) is 29.8 Å². The average Bonchev–Trinajstić information content (AvgIpc) is 2.34. The fourth-order valence-corrected chi connectivity index (χ4v) is 1.95. The Kier molecular flexibility index (Phi) is 5.58. The van der Waals surface area contributed by atoms with Gasteiger partial charge in [0.2, 0.25) is 5.91 Å². The van der Waals surface area contributed by atoms with Gasteiger partial charge in [-0.25, -0.2) is 0 Å². The Morgan fingerprint density at radius 3 is 2.56 bits per heavy atom. The van der Waals surface area contributed by atoms with Crippen LogP contribution in [0.5, 0.6) is 0 Å². The minimum atomic E-state index is -0.358. The highest BCUT2D eigenvalue weighted by atomic mass is 32.1. The van der Waals surface area contributed by atoms with Crippen molar-refractivity contribution in [2.45, 2.75) is 19.8 Å². The second-order valence-corrected chi connectivity index (χ2v) is 4.56. The van der Waals surface area contributed by atoms with E-state index in [1.165, 1.54) is 0 Å². The minimum absolute atomic E-state index is 0.180. The molecule has 0 radical (unpaired) electrons. The summed E-state index contributed by atoms with van der Waals surface area (Å²) in [6.07, 6.45) is 2.03. The lowest BCUT2D eigenvalue weighted by molar-refractivity contribution is -0.116. The van der Waals surface area contributed by atoms with Crippen LogP contribution in [-0.4, -0.2) is 24.0 Å². The van der Waals surface area contributed by atoms with Crippen LogP contribution in [0.4, 0.5) is 5.69 Å². The molecule has 0 atom stereocenters. The number of carbonyl (C=O) groups is 1. The van der Waals surface area contributed by atoms with E-state index in [0.29, 0.717) is 4.99 Å². The number of rotatable bonds is 7. The van der Waals surface area contributed by atoms with E-state index in [2.05, 4.69) is 6.92 Å². The van der Waals surface area contributed by atoms with Crippen molar-refractivity contribution in [3.63, 3.8) is 0 Å². The van der Waals surface area contributed by atoms with Gasteiger partial charge in [-0.1, -0.05) is 37.7 Å². The highest BCUT2D eigenvalue weighted by Gasteiger charge is 2.13. The van der Waals surface area contributed by atoms with E-state index in [1.807, 2.05) is 29.2 Å². The molecule has 0 bridgehead atoms. The maximum Gasteiger partial charge on any atom is 0.236 e. The van der Waals surface area contributed by atoms with Gasteiger partial charge in [-0.15, -0.1) is 0 Å². The first-order chi connectivity index (χ1) is 8.56. The average molecular weight is 265 g/mol. The van der Waals surface area contributed by atoms with E-state index in [4.69, 9.17) is 23.7 Å². The Balaban J connectivity index is 3.03. The number of hydrogen-bond acceptors (Lipinski definition) is 3. The molecule has 18 heavy (non-hydrogen) atoms. The molecule has 0 saturated carbocycles. The van der Waals surface area contributed by atoms with Crippen LogP contribution in [0.25, 0.3) is 0 Å². The molecular formula is C13H19N3OS. The summed E-state index contributed by atoms with van der Waals surface area (Å²) in [6, 6.07) is 7.54. The van der Waals surface area contributed by atoms with E-state index >= 15 is 0 Å². The van der Waals surface area contributed by atoms with E-state index in [0.717, 1.165) is 30.6 Å². The molecule has 0 spiro atoms. The van der Waals surface area contributed by atoms with Crippen LogP contribution in [0.2, 0.25) is 0 Å². The van der Waals surface area contributed by atoms with Gasteiger partial charge in [0, 0.05) is 17.8 Å². The Morgan fingerprint density at radius 1 is 1.33 bits per heavy atom. The molecule has 0 unspecified atom stereocenters. The highest BCUT2D eigenvalue weighted by Crippen LogP contribution is 2.20. The molecule has 0 fully saturated rings. The molecule has 4 N–H and O–H groups in total. The molecule has 1 rings (SSSR count). The number of para-hydroxylation sites is 1. The van der Waals surface area contributed by atoms with Gasteiger partial charge >= 0.3 is 0 Å². The van der Waals surface area contributed by atoms with Crippen LogP contribution in [0.3, 0.4) is 0 Å². The van der Waals surface area contributed by atoms with E-state index in [-0.39, 0.29) is 12.5 Å². The van der Waals surface area contributed by atoms with Gasteiger partial charge in [0.15, 0.2) is 0 Å². The molecule has 0 aliphatic carbocycles. The summed E-state index contributed by atoms with van der Waals surface area (Å²) in [6.45, 7) is 3.04. The molecule has 0 heterocycles. The standard InChI is InChI=1S/C13H19N3OS/c1-2-3-8-16(9-12(14)17)11-7-5-4-6-10(11)13(15)18/h4-7H,2-3,8-9H2,1H3,(H2,14,17)(H2,15,18). The van der Waals surface area contributed by atoms with Gasteiger partial charge in [0.1, 0.15) is 4.99 Å². The number of carbonyl (C=O) groups excluding carboxylic acids is 1. The van der Waals surface area contributed by atoms with Crippen LogP contribution in [-0.2, 0) is 4.79 Å². The normalized spacial score (nSPS) is 10.1. The summed E-state index contributed by atoms with van der Waals surface area (Å²) < 4.78 is 0. The SMILES string of the molecule is CCCCN(CC(N)=O)c1ccccc1C(N)=S. The van der Waals surface area contributed by atoms with Crippen molar-refractivity contribution >= 4 is 28.8 Å². The summed E-state index contributed by atoms with van der Waals surface area (Å²) in [5.74, 6) is -0.358. The number of primary amides is 1. The number of benzene rings is 1. The maximum absolute atomic E-state index is 11.1. The number of amides is 1. The third kappa shape index (κ3) is 4.00. The number of nitrogens with two attached hydrogens (primary N) is 2. The number of nitrogens with zero attached hydrogens (tertiary/aromatic N) is 1. The first-order valence-corrected chi connectivity index (χ1v) is 6.39. The Hall–Kier alpha value is -1.62. The number of unbranched alkanes of at least 4 members (excludes halogenated alkanes) is 1. The van der Waals surface area contributed by atoms with Crippen LogP contribution in [0, 0.1) is 0 Å². The van der Waals surface area contributed by atoms with Crippen molar-refractivity contribution in [2.75, 3.05) is 18.0 Å². The predicted octanol–water partition coefficient (Wildman–Crippen LogP) is 1.41. The van der Waals surface area contributed by atoms with Crippen LogP contribution in [0.1, 0.15) is 25.3 Å². The molecule has 0 aromatic heterocycles. The summed E-state index contributed by atoms with van der Waals surface area (Å²) in [5, 5.41) is 0. The second-order valence-electron chi connectivity index (χ2n) is 4.12. The monoisotopic (exact) mass is 265 g/mol. The molecule has 1 aromatic rings. The Morgan fingerprint density at radius 2 is 2.00 bits per heavy atom. The van der Waals surface area contributed by atoms with Gasteiger partial charge in [0.05, 0.1) is 6.54 Å². The fourth-order valence-electron chi connectivity index (χ4n) is 1.78. The van der Waals surface area contributed by atoms with Crippen molar-refractivity contribution < 1.29 is 4.79 Å². The molecule has 4 nitrogen and oxygen atoms in total. The van der Waals surface area contributed by atoms with Crippen molar-refractivity contribution in [1.82, 2.24) is 0 Å². The Labute approximate surface area is 113 Å². The maximum atomic E-state index is 11.1. The summed E-state index contributed by atoms with van der Waals surface area (Å²) in [4.78, 5) is 13.4. The zero-order valence-corrected chi connectivity index (χ0v) is 11.4. The predicted molar refractivity (Wildman–Crippen MR) is 78.6 cm³/mol. The van der Waals surface area contributed by atoms with Crippen molar-refractivity contribution in [2.24, 2.45) is 11.5 Å². The highest BCUT2D eigenvalue weighted by molar-refractivity contribution is 7.80. The number of thiocarbonyl (C=S) groups is 1. The van der Waals surface area contributed by atoms with Gasteiger partial charge in [-0.05, 0) is 18.6 Å². The van der Waals surface area contributed by atoms with Gasteiger partial charge in [-0.3, -0.25) is 4.79 Å². The minimum Gasteiger partial charge on any atom is -0.389 e. The molecule has 98 valence electrons. The molecule has 0 aliphatic rings. The lowest BCUT2D eigenvalue weighted by Gasteiger charge is -2.25. The molecule has 5 heteroatoms. The van der Waals surface area contributed by atoms with Crippen LogP contribution < -0.4 is 16.4 Å². The largest absolute Gasteiger partial charge is 0.389 e. The quantitative estimate of drug-likeness (QED) is 0.731.